The number of thiazole rings is 1. The van der Waals surface area contributed by atoms with Gasteiger partial charge in [-0.3, -0.25) is 0 Å². The maximum Gasteiger partial charge on any atom is 0.387 e. The quantitative estimate of drug-likeness (QED) is 0.761. The van der Waals surface area contributed by atoms with Crippen molar-refractivity contribution in [3.63, 3.8) is 0 Å². The molecule has 7 heteroatoms. The molecule has 0 radical (unpaired) electrons. The van der Waals surface area contributed by atoms with E-state index in [1.165, 1.54) is 7.11 Å². The SMILES string of the molecule is COc1ccc(CNCCc2cscn2)cc1OC(F)F. The molecule has 1 aromatic heterocycles. The van der Waals surface area contributed by atoms with Gasteiger partial charge in [0.25, 0.3) is 0 Å². The van der Waals surface area contributed by atoms with Crippen LogP contribution in [0.15, 0.2) is 29.1 Å². The highest BCUT2D eigenvalue weighted by atomic mass is 32.1. The molecule has 0 saturated heterocycles. The first kappa shape index (κ1) is 15.7. The van der Waals surface area contributed by atoms with E-state index in [1.54, 1.807) is 29.0 Å². The van der Waals surface area contributed by atoms with Crippen LogP contribution in [-0.2, 0) is 13.0 Å². The second-order valence-corrected chi connectivity index (χ2v) is 4.99. The Bertz CT molecular complexity index is 550. The van der Waals surface area contributed by atoms with Crippen molar-refractivity contribution in [1.29, 1.82) is 0 Å². The summed E-state index contributed by atoms with van der Waals surface area (Å²) in [5.74, 6) is 0.341. The molecule has 0 aliphatic heterocycles. The second-order valence-electron chi connectivity index (χ2n) is 4.27. The normalized spacial score (nSPS) is 10.9. The number of halogens is 2. The van der Waals surface area contributed by atoms with E-state index in [-0.39, 0.29) is 5.75 Å². The van der Waals surface area contributed by atoms with Crippen molar-refractivity contribution in [2.45, 2.75) is 19.6 Å². The average Bonchev–Trinajstić information content (AvgIpc) is 2.96. The maximum absolute atomic E-state index is 12.3. The van der Waals surface area contributed by atoms with Gasteiger partial charge in [0, 0.05) is 24.9 Å². The summed E-state index contributed by atoms with van der Waals surface area (Å²) in [5.41, 5.74) is 3.70. The molecule has 0 aliphatic carbocycles. The molecule has 2 rings (SSSR count). The summed E-state index contributed by atoms with van der Waals surface area (Å²) in [6.45, 7) is -1.54. The number of hydrogen-bond acceptors (Lipinski definition) is 5. The zero-order chi connectivity index (χ0) is 15.1. The summed E-state index contributed by atoms with van der Waals surface area (Å²) >= 11 is 1.57. The molecule has 0 amide bonds. The third-order valence-electron chi connectivity index (χ3n) is 2.81. The Labute approximate surface area is 125 Å². The minimum absolute atomic E-state index is 0.0475. The minimum atomic E-state index is -2.87. The highest BCUT2D eigenvalue weighted by Crippen LogP contribution is 2.29. The largest absolute Gasteiger partial charge is 0.493 e. The van der Waals surface area contributed by atoms with E-state index in [0.717, 1.165) is 24.2 Å². The van der Waals surface area contributed by atoms with E-state index in [9.17, 15) is 8.78 Å². The predicted octanol–water partition coefficient (Wildman–Crippen LogP) is 3.09. The molecule has 0 spiro atoms. The van der Waals surface area contributed by atoms with Gasteiger partial charge in [0.2, 0.25) is 0 Å². The van der Waals surface area contributed by atoms with Gasteiger partial charge in [0.05, 0.1) is 18.3 Å². The van der Waals surface area contributed by atoms with Gasteiger partial charge in [-0.25, -0.2) is 4.98 Å². The van der Waals surface area contributed by atoms with Gasteiger partial charge in [-0.05, 0) is 17.7 Å². The van der Waals surface area contributed by atoms with Gasteiger partial charge in [0.15, 0.2) is 11.5 Å². The van der Waals surface area contributed by atoms with Crippen LogP contribution in [0.3, 0.4) is 0 Å². The number of rotatable bonds is 8. The monoisotopic (exact) mass is 314 g/mol. The Kier molecular flexibility index (Phi) is 5.89. The Morgan fingerprint density at radius 2 is 2.19 bits per heavy atom. The molecule has 4 nitrogen and oxygen atoms in total. The van der Waals surface area contributed by atoms with Crippen LogP contribution in [0.5, 0.6) is 11.5 Å². The number of ether oxygens (including phenoxy) is 2. The van der Waals surface area contributed by atoms with Crippen LogP contribution in [0.2, 0.25) is 0 Å². The van der Waals surface area contributed by atoms with Gasteiger partial charge in [-0.2, -0.15) is 8.78 Å². The molecule has 0 atom stereocenters. The van der Waals surface area contributed by atoms with E-state index < -0.39 is 6.61 Å². The molecule has 1 heterocycles. The van der Waals surface area contributed by atoms with E-state index in [2.05, 4.69) is 15.0 Å². The Morgan fingerprint density at radius 3 is 2.86 bits per heavy atom. The maximum atomic E-state index is 12.3. The molecule has 0 saturated carbocycles. The van der Waals surface area contributed by atoms with Gasteiger partial charge in [-0.15, -0.1) is 11.3 Å². The van der Waals surface area contributed by atoms with Crippen LogP contribution in [0, 0.1) is 0 Å². The van der Waals surface area contributed by atoms with Crippen LogP contribution in [0.4, 0.5) is 8.78 Å². The van der Waals surface area contributed by atoms with Gasteiger partial charge >= 0.3 is 6.61 Å². The van der Waals surface area contributed by atoms with Crippen molar-refractivity contribution in [3.8, 4) is 11.5 Å². The fraction of sp³-hybridized carbons (Fsp3) is 0.357. The molecule has 114 valence electrons. The third kappa shape index (κ3) is 4.95. The summed E-state index contributed by atoms with van der Waals surface area (Å²) in [6, 6.07) is 4.99. The van der Waals surface area contributed by atoms with E-state index in [4.69, 9.17) is 4.74 Å². The van der Waals surface area contributed by atoms with Crippen molar-refractivity contribution in [2.24, 2.45) is 0 Å². The fourth-order valence-electron chi connectivity index (χ4n) is 1.83. The van der Waals surface area contributed by atoms with Crippen LogP contribution < -0.4 is 14.8 Å². The van der Waals surface area contributed by atoms with Gasteiger partial charge < -0.3 is 14.8 Å². The summed E-state index contributed by atoms with van der Waals surface area (Å²) in [7, 11) is 1.42. The lowest BCUT2D eigenvalue weighted by molar-refractivity contribution is -0.0512. The smallest absolute Gasteiger partial charge is 0.387 e. The van der Waals surface area contributed by atoms with Crippen molar-refractivity contribution in [1.82, 2.24) is 10.3 Å². The number of nitrogens with one attached hydrogen (secondary N) is 1. The molecule has 2 aromatic rings. The number of alkyl halides is 2. The molecule has 1 N–H and O–H groups in total. The first-order chi connectivity index (χ1) is 10.2. The van der Waals surface area contributed by atoms with Crippen molar-refractivity contribution < 1.29 is 18.3 Å². The van der Waals surface area contributed by atoms with Crippen LogP contribution in [0.25, 0.3) is 0 Å². The number of hydrogen-bond donors (Lipinski definition) is 1. The highest BCUT2D eigenvalue weighted by Gasteiger charge is 2.11. The van der Waals surface area contributed by atoms with Crippen LogP contribution in [-0.4, -0.2) is 25.3 Å². The highest BCUT2D eigenvalue weighted by molar-refractivity contribution is 7.07. The summed E-state index contributed by atoms with van der Waals surface area (Å²) in [6.07, 6.45) is 0.833. The second kappa shape index (κ2) is 7.90. The molecule has 0 unspecified atom stereocenters. The first-order valence-corrected chi connectivity index (χ1v) is 7.33. The number of aromatic nitrogens is 1. The topological polar surface area (TPSA) is 43.4 Å². The first-order valence-electron chi connectivity index (χ1n) is 6.38. The van der Waals surface area contributed by atoms with E-state index in [1.807, 2.05) is 11.4 Å². The number of benzene rings is 1. The van der Waals surface area contributed by atoms with Crippen LogP contribution in [0.1, 0.15) is 11.3 Å². The lowest BCUT2D eigenvalue weighted by Gasteiger charge is -2.12. The molecular formula is C14H16F2N2O2S. The predicted molar refractivity (Wildman–Crippen MR) is 77.2 cm³/mol. The zero-order valence-electron chi connectivity index (χ0n) is 11.5. The molecule has 0 bridgehead atoms. The molecular weight excluding hydrogens is 298 g/mol. The van der Waals surface area contributed by atoms with Gasteiger partial charge in [0.1, 0.15) is 0 Å². The molecule has 0 aliphatic rings. The fourth-order valence-corrected chi connectivity index (χ4v) is 2.42. The lowest BCUT2D eigenvalue weighted by atomic mass is 10.2. The van der Waals surface area contributed by atoms with Crippen molar-refractivity contribution in [2.75, 3.05) is 13.7 Å². The number of methoxy groups -OCH3 is 1. The van der Waals surface area contributed by atoms with E-state index >= 15 is 0 Å². The lowest BCUT2D eigenvalue weighted by Crippen LogP contribution is -2.17. The molecule has 21 heavy (non-hydrogen) atoms. The minimum Gasteiger partial charge on any atom is -0.493 e. The number of nitrogens with zero attached hydrogens (tertiary/aromatic N) is 1. The molecule has 0 fully saturated rings. The van der Waals surface area contributed by atoms with Crippen LogP contribution >= 0.6 is 11.3 Å². The summed E-state index contributed by atoms with van der Waals surface area (Å²) in [5, 5.41) is 5.24. The summed E-state index contributed by atoms with van der Waals surface area (Å²) < 4.78 is 34.1. The summed E-state index contributed by atoms with van der Waals surface area (Å²) in [4.78, 5) is 4.19. The van der Waals surface area contributed by atoms with Gasteiger partial charge in [-0.1, -0.05) is 6.07 Å². The van der Waals surface area contributed by atoms with Crippen molar-refractivity contribution in [3.05, 3.63) is 40.3 Å². The van der Waals surface area contributed by atoms with E-state index in [0.29, 0.717) is 12.3 Å². The Morgan fingerprint density at radius 1 is 1.33 bits per heavy atom. The Hall–Kier alpha value is -1.73. The standard InChI is InChI=1S/C14H16F2N2O2S/c1-19-12-3-2-10(6-13(12)20-14(15)16)7-17-5-4-11-8-21-9-18-11/h2-3,6,8-9,14,17H,4-5,7H2,1H3. The third-order valence-corrected chi connectivity index (χ3v) is 3.45. The average molecular weight is 314 g/mol. The Balaban J connectivity index is 1.87. The zero-order valence-corrected chi connectivity index (χ0v) is 12.3. The van der Waals surface area contributed by atoms with Crippen molar-refractivity contribution >= 4 is 11.3 Å². The molecule has 1 aromatic carbocycles.